The molecule has 1 aliphatic carbocycles. The molecule has 1 rings (SSSR count). The highest BCUT2D eigenvalue weighted by molar-refractivity contribution is 14.1. The third-order valence-corrected chi connectivity index (χ3v) is 9.29. The van der Waals surface area contributed by atoms with E-state index in [1.54, 1.807) is 0 Å². The number of ether oxygens (including phenoxy) is 2. The molecule has 0 saturated heterocycles. The SMILES string of the molecule is CCOC(CI)O[C@@H]1C=CC(O[Si](C)(C)C(C)(C)C)C1. The van der Waals surface area contributed by atoms with Crippen LogP contribution in [0.1, 0.15) is 34.1 Å². The lowest BCUT2D eigenvalue weighted by molar-refractivity contribution is -0.142. The van der Waals surface area contributed by atoms with Crippen molar-refractivity contribution in [3.05, 3.63) is 12.2 Å². The van der Waals surface area contributed by atoms with Crippen molar-refractivity contribution in [2.24, 2.45) is 0 Å². The largest absolute Gasteiger partial charge is 0.410 e. The second-order valence-electron chi connectivity index (χ2n) is 6.75. The number of hydrogen-bond acceptors (Lipinski definition) is 3. The molecule has 0 fully saturated rings. The van der Waals surface area contributed by atoms with Crippen molar-refractivity contribution >= 4 is 30.9 Å². The van der Waals surface area contributed by atoms with Gasteiger partial charge in [-0.1, -0.05) is 55.5 Å². The Hall–Kier alpha value is 0.567. The molecule has 0 N–H and O–H groups in total. The fourth-order valence-corrected chi connectivity index (χ4v) is 3.63. The first-order valence-electron chi connectivity index (χ1n) is 7.38. The molecule has 0 amide bonds. The predicted octanol–water partition coefficient (Wildman–Crippen LogP) is 4.52. The monoisotopic (exact) mass is 412 g/mol. The third kappa shape index (κ3) is 5.40. The smallest absolute Gasteiger partial charge is 0.192 e. The average molecular weight is 412 g/mol. The summed E-state index contributed by atoms with van der Waals surface area (Å²) in [4.78, 5) is 0. The van der Waals surface area contributed by atoms with Crippen LogP contribution in [0.2, 0.25) is 18.1 Å². The van der Waals surface area contributed by atoms with Gasteiger partial charge in [0.15, 0.2) is 14.6 Å². The normalized spacial score (nSPS) is 25.1. The number of halogens is 1. The molecule has 0 radical (unpaired) electrons. The molecule has 0 aromatic carbocycles. The van der Waals surface area contributed by atoms with Crippen LogP contribution in [-0.4, -0.2) is 37.8 Å². The Morgan fingerprint density at radius 1 is 1.25 bits per heavy atom. The molecule has 0 bridgehead atoms. The van der Waals surface area contributed by atoms with E-state index < -0.39 is 8.32 Å². The quantitative estimate of drug-likeness (QED) is 0.202. The highest BCUT2D eigenvalue weighted by atomic mass is 127. The molecule has 0 saturated carbocycles. The number of alkyl halides is 1. The Balaban J connectivity index is 2.47. The van der Waals surface area contributed by atoms with Gasteiger partial charge in [-0.25, -0.2) is 0 Å². The first kappa shape index (κ1) is 18.6. The van der Waals surface area contributed by atoms with Gasteiger partial charge in [0.1, 0.15) is 0 Å². The maximum absolute atomic E-state index is 6.40. The molecule has 0 spiro atoms. The van der Waals surface area contributed by atoms with Gasteiger partial charge in [0.2, 0.25) is 0 Å². The Morgan fingerprint density at radius 3 is 2.35 bits per heavy atom. The summed E-state index contributed by atoms with van der Waals surface area (Å²) in [6, 6.07) is 0. The van der Waals surface area contributed by atoms with Crippen LogP contribution < -0.4 is 0 Å². The minimum Gasteiger partial charge on any atom is -0.410 e. The zero-order valence-electron chi connectivity index (χ0n) is 13.6. The minimum atomic E-state index is -1.70. The summed E-state index contributed by atoms with van der Waals surface area (Å²) in [6.07, 6.45) is 5.39. The fourth-order valence-electron chi connectivity index (χ4n) is 1.88. The molecular weight excluding hydrogens is 383 g/mol. The van der Waals surface area contributed by atoms with Crippen LogP contribution in [0.25, 0.3) is 0 Å². The molecule has 3 nitrogen and oxygen atoms in total. The molecular formula is C15H29IO3Si. The molecule has 1 aliphatic rings. The second-order valence-corrected chi connectivity index (χ2v) is 12.4. The molecule has 20 heavy (non-hydrogen) atoms. The molecule has 118 valence electrons. The van der Waals surface area contributed by atoms with E-state index >= 15 is 0 Å². The lowest BCUT2D eigenvalue weighted by Crippen LogP contribution is -2.43. The van der Waals surface area contributed by atoms with Crippen LogP contribution in [0.4, 0.5) is 0 Å². The van der Waals surface area contributed by atoms with Gasteiger partial charge in [0.05, 0.1) is 16.6 Å². The van der Waals surface area contributed by atoms with Gasteiger partial charge < -0.3 is 13.9 Å². The Morgan fingerprint density at radius 2 is 1.85 bits per heavy atom. The highest BCUT2D eigenvalue weighted by Gasteiger charge is 2.40. The van der Waals surface area contributed by atoms with Gasteiger partial charge in [-0.2, -0.15) is 0 Å². The van der Waals surface area contributed by atoms with E-state index in [2.05, 4.69) is 68.6 Å². The molecule has 5 heteroatoms. The van der Waals surface area contributed by atoms with Gasteiger partial charge in [0, 0.05) is 13.0 Å². The Labute approximate surface area is 138 Å². The maximum atomic E-state index is 6.40. The topological polar surface area (TPSA) is 27.7 Å². The Kier molecular flexibility index (Phi) is 7.18. The lowest BCUT2D eigenvalue weighted by Gasteiger charge is -2.38. The Bertz CT molecular complexity index is 326. The first-order chi connectivity index (χ1) is 9.19. The standard InChI is InChI=1S/C15H29IO3Si/c1-7-17-14(11-16)18-12-8-9-13(10-12)19-20(5,6)15(2,3)4/h8-9,12-14H,7,10-11H2,1-6H3/t12-,13?,14?/m1/s1. The van der Waals surface area contributed by atoms with Gasteiger partial charge in [-0.3, -0.25) is 0 Å². The number of hydrogen-bond donors (Lipinski definition) is 0. The summed E-state index contributed by atoms with van der Waals surface area (Å²) in [5.74, 6) is 0. The van der Waals surface area contributed by atoms with Crippen LogP contribution in [0.3, 0.4) is 0 Å². The van der Waals surface area contributed by atoms with E-state index in [4.69, 9.17) is 13.9 Å². The van der Waals surface area contributed by atoms with Crippen molar-refractivity contribution in [2.75, 3.05) is 11.0 Å². The highest BCUT2D eigenvalue weighted by Crippen LogP contribution is 2.38. The van der Waals surface area contributed by atoms with Crippen LogP contribution in [0.15, 0.2) is 12.2 Å². The number of rotatable bonds is 7. The van der Waals surface area contributed by atoms with E-state index in [-0.39, 0.29) is 23.5 Å². The average Bonchev–Trinajstić information content (AvgIpc) is 2.73. The van der Waals surface area contributed by atoms with Crippen LogP contribution in [-0.2, 0) is 13.9 Å². The van der Waals surface area contributed by atoms with Gasteiger partial charge in [0.25, 0.3) is 0 Å². The molecule has 2 unspecified atom stereocenters. The van der Waals surface area contributed by atoms with Crippen LogP contribution >= 0.6 is 22.6 Å². The van der Waals surface area contributed by atoms with Crippen molar-refractivity contribution in [3.63, 3.8) is 0 Å². The summed E-state index contributed by atoms with van der Waals surface area (Å²) in [6.45, 7) is 14.1. The molecule has 0 aliphatic heterocycles. The van der Waals surface area contributed by atoms with Gasteiger partial charge >= 0.3 is 0 Å². The van der Waals surface area contributed by atoms with Crippen LogP contribution in [0, 0.1) is 0 Å². The van der Waals surface area contributed by atoms with Crippen LogP contribution in [0.5, 0.6) is 0 Å². The summed E-state index contributed by atoms with van der Waals surface area (Å²) < 4.78 is 18.7. The van der Waals surface area contributed by atoms with Crippen molar-refractivity contribution < 1.29 is 13.9 Å². The maximum Gasteiger partial charge on any atom is 0.192 e. The molecule has 3 atom stereocenters. The minimum absolute atomic E-state index is 0.109. The van der Waals surface area contributed by atoms with E-state index in [0.717, 1.165) is 10.8 Å². The zero-order chi connectivity index (χ0) is 15.4. The van der Waals surface area contributed by atoms with Gasteiger partial charge in [-0.15, -0.1) is 0 Å². The van der Waals surface area contributed by atoms with Crippen molar-refractivity contribution in [2.45, 2.75) is 70.7 Å². The lowest BCUT2D eigenvalue weighted by atomic mass is 10.2. The predicted molar refractivity (Wildman–Crippen MR) is 95.0 cm³/mol. The van der Waals surface area contributed by atoms with E-state index in [9.17, 15) is 0 Å². The summed E-state index contributed by atoms with van der Waals surface area (Å²) in [7, 11) is -1.70. The first-order valence-corrected chi connectivity index (χ1v) is 11.8. The van der Waals surface area contributed by atoms with Gasteiger partial charge in [-0.05, 0) is 25.1 Å². The molecule has 0 aromatic rings. The fraction of sp³-hybridized carbons (Fsp3) is 0.867. The van der Waals surface area contributed by atoms with E-state index in [0.29, 0.717) is 6.61 Å². The van der Waals surface area contributed by atoms with Crippen molar-refractivity contribution in [3.8, 4) is 0 Å². The summed E-state index contributed by atoms with van der Waals surface area (Å²) >= 11 is 2.30. The van der Waals surface area contributed by atoms with E-state index in [1.807, 2.05) is 6.92 Å². The summed E-state index contributed by atoms with van der Waals surface area (Å²) in [5, 5.41) is 0.246. The summed E-state index contributed by atoms with van der Waals surface area (Å²) in [5.41, 5.74) is 0. The molecule has 0 heterocycles. The third-order valence-electron chi connectivity index (χ3n) is 4.06. The molecule has 0 aromatic heterocycles. The second kappa shape index (κ2) is 7.72. The van der Waals surface area contributed by atoms with E-state index in [1.165, 1.54) is 0 Å². The van der Waals surface area contributed by atoms with Crippen molar-refractivity contribution in [1.82, 2.24) is 0 Å². The van der Waals surface area contributed by atoms with Crippen molar-refractivity contribution in [1.29, 1.82) is 0 Å². The zero-order valence-corrected chi connectivity index (χ0v) is 16.8.